The Balaban J connectivity index is 2.04. The smallest absolute Gasteiger partial charge is 0.186 e. The predicted octanol–water partition coefficient (Wildman–Crippen LogP) is 0.182. The Kier molecular flexibility index (Phi) is 8.83. The summed E-state index contributed by atoms with van der Waals surface area (Å²) in [6, 6.07) is 18.4. The van der Waals surface area contributed by atoms with Gasteiger partial charge >= 0.3 is 0 Å². The maximum Gasteiger partial charge on any atom is 0.186 e. The van der Waals surface area contributed by atoms with E-state index in [-0.39, 0.29) is 13.2 Å². The standard InChI is InChI=1S/C20H26O7/c21-11-16(22)17(23)18(24)19(25)20(26-12-14-7-3-1-4-8-14)27-13-15-9-5-2-6-10-15/h1-10,16-25H,11-13H2/t16-,17-,18+,19-/m1/s1. The second kappa shape index (κ2) is 11.1. The minimum Gasteiger partial charge on any atom is -0.394 e. The largest absolute Gasteiger partial charge is 0.394 e. The van der Waals surface area contributed by atoms with E-state index in [0.29, 0.717) is 0 Å². The molecule has 0 unspecified atom stereocenters. The van der Waals surface area contributed by atoms with Crippen LogP contribution in [0.25, 0.3) is 0 Å². The first-order valence-electron chi connectivity index (χ1n) is 8.67. The van der Waals surface area contributed by atoms with E-state index in [1.54, 1.807) is 0 Å². The van der Waals surface area contributed by atoms with Gasteiger partial charge in [-0.25, -0.2) is 0 Å². The summed E-state index contributed by atoms with van der Waals surface area (Å²) in [5.41, 5.74) is 1.67. The van der Waals surface area contributed by atoms with Crippen molar-refractivity contribution in [3.05, 3.63) is 71.8 Å². The molecule has 0 fully saturated rings. The Morgan fingerprint density at radius 1 is 0.630 bits per heavy atom. The topological polar surface area (TPSA) is 120 Å². The quantitative estimate of drug-likeness (QED) is 0.354. The van der Waals surface area contributed by atoms with Crippen molar-refractivity contribution in [3.63, 3.8) is 0 Å². The molecule has 0 heterocycles. The minimum atomic E-state index is -1.77. The highest BCUT2D eigenvalue weighted by atomic mass is 16.7. The lowest BCUT2D eigenvalue weighted by molar-refractivity contribution is -0.240. The summed E-state index contributed by atoms with van der Waals surface area (Å²) >= 11 is 0. The van der Waals surface area contributed by atoms with E-state index in [4.69, 9.17) is 14.6 Å². The number of aliphatic hydroxyl groups excluding tert-OH is 5. The van der Waals surface area contributed by atoms with Crippen LogP contribution >= 0.6 is 0 Å². The lowest BCUT2D eigenvalue weighted by Gasteiger charge is -2.31. The van der Waals surface area contributed by atoms with Gasteiger partial charge in [0.05, 0.1) is 19.8 Å². The molecule has 27 heavy (non-hydrogen) atoms. The molecule has 7 heteroatoms. The van der Waals surface area contributed by atoms with Gasteiger partial charge < -0.3 is 35.0 Å². The normalized spacial score (nSPS) is 16.1. The van der Waals surface area contributed by atoms with Crippen molar-refractivity contribution < 1.29 is 35.0 Å². The van der Waals surface area contributed by atoms with E-state index in [1.807, 2.05) is 60.7 Å². The Labute approximate surface area is 158 Å². The van der Waals surface area contributed by atoms with E-state index in [1.165, 1.54) is 0 Å². The number of rotatable bonds is 11. The van der Waals surface area contributed by atoms with Crippen LogP contribution in [0.15, 0.2) is 60.7 Å². The van der Waals surface area contributed by atoms with Crippen molar-refractivity contribution in [2.45, 2.75) is 43.9 Å². The van der Waals surface area contributed by atoms with Crippen molar-refractivity contribution >= 4 is 0 Å². The molecule has 0 amide bonds. The van der Waals surface area contributed by atoms with Gasteiger partial charge in [-0.2, -0.15) is 0 Å². The molecule has 0 aliphatic heterocycles. The van der Waals surface area contributed by atoms with Crippen molar-refractivity contribution in [2.24, 2.45) is 0 Å². The average molecular weight is 378 g/mol. The summed E-state index contributed by atoms with van der Waals surface area (Å²) in [5, 5.41) is 48.8. The summed E-state index contributed by atoms with van der Waals surface area (Å²) in [4.78, 5) is 0. The van der Waals surface area contributed by atoms with E-state index < -0.39 is 37.3 Å². The molecule has 0 bridgehead atoms. The Hall–Kier alpha value is -1.84. The lowest BCUT2D eigenvalue weighted by atomic mass is 10.0. The summed E-state index contributed by atoms with van der Waals surface area (Å²) in [6.07, 6.45) is -8.04. The number of aliphatic hydroxyl groups is 5. The molecule has 0 saturated heterocycles. The van der Waals surface area contributed by atoms with Crippen LogP contribution in [0, 0.1) is 0 Å². The molecule has 0 saturated carbocycles. The van der Waals surface area contributed by atoms with Gasteiger partial charge in [-0.3, -0.25) is 0 Å². The number of hydrogen-bond donors (Lipinski definition) is 5. The average Bonchev–Trinajstić information content (AvgIpc) is 2.73. The maximum atomic E-state index is 10.4. The molecule has 5 N–H and O–H groups in total. The van der Waals surface area contributed by atoms with Gasteiger partial charge in [-0.05, 0) is 11.1 Å². The highest BCUT2D eigenvalue weighted by Crippen LogP contribution is 2.16. The van der Waals surface area contributed by atoms with Crippen molar-refractivity contribution in [3.8, 4) is 0 Å². The third kappa shape index (κ3) is 6.67. The molecule has 0 spiro atoms. The van der Waals surface area contributed by atoms with Crippen LogP contribution in [-0.4, -0.2) is 62.8 Å². The zero-order valence-corrected chi connectivity index (χ0v) is 14.8. The van der Waals surface area contributed by atoms with Gasteiger partial charge in [0.2, 0.25) is 0 Å². The third-order valence-corrected chi connectivity index (χ3v) is 4.07. The van der Waals surface area contributed by atoms with Gasteiger partial charge in [-0.1, -0.05) is 60.7 Å². The summed E-state index contributed by atoms with van der Waals surface area (Å²) < 4.78 is 11.2. The van der Waals surface area contributed by atoms with Crippen LogP contribution in [0.3, 0.4) is 0 Å². The van der Waals surface area contributed by atoms with Crippen LogP contribution in [0.5, 0.6) is 0 Å². The van der Waals surface area contributed by atoms with Crippen LogP contribution in [0.2, 0.25) is 0 Å². The molecule has 2 aromatic carbocycles. The second-order valence-electron chi connectivity index (χ2n) is 6.18. The lowest BCUT2D eigenvalue weighted by Crippen LogP contribution is -2.51. The molecule has 0 radical (unpaired) electrons. The van der Waals surface area contributed by atoms with E-state index in [9.17, 15) is 20.4 Å². The van der Waals surface area contributed by atoms with Crippen LogP contribution in [0.1, 0.15) is 11.1 Å². The Bertz CT molecular complexity index is 594. The van der Waals surface area contributed by atoms with E-state index in [0.717, 1.165) is 11.1 Å². The van der Waals surface area contributed by atoms with Gasteiger partial charge in [0.1, 0.15) is 24.4 Å². The van der Waals surface area contributed by atoms with Gasteiger partial charge in [-0.15, -0.1) is 0 Å². The molecule has 0 aromatic heterocycles. The molecule has 2 rings (SSSR count). The van der Waals surface area contributed by atoms with Crippen molar-refractivity contribution in [2.75, 3.05) is 6.61 Å². The van der Waals surface area contributed by atoms with Crippen LogP contribution in [0.4, 0.5) is 0 Å². The van der Waals surface area contributed by atoms with Crippen molar-refractivity contribution in [1.29, 1.82) is 0 Å². The van der Waals surface area contributed by atoms with Crippen molar-refractivity contribution in [1.82, 2.24) is 0 Å². The maximum absolute atomic E-state index is 10.4. The first-order chi connectivity index (χ1) is 13.0. The first-order valence-corrected chi connectivity index (χ1v) is 8.67. The molecular weight excluding hydrogens is 352 g/mol. The predicted molar refractivity (Wildman–Crippen MR) is 97.4 cm³/mol. The molecule has 0 aliphatic rings. The van der Waals surface area contributed by atoms with Crippen LogP contribution in [-0.2, 0) is 22.7 Å². The Morgan fingerprint density at radius 3 is 1.48 bits per heavy atom. The van der Waals surface area contributed by atoms with E-state index in [2.05, 4.69) is 0 Å². The summed E-state index contributed by atoms with van der Waals surface area (Å²) in [6.45, 7) is -0.531. The minimum absolute atomic E-state index is 0.114. The SMILES string of the molecule is OC[C@@H](O)[C@@H](O)[C@H](O)[C@@H](O)C(OCc1ccccc1)OCc1ccccc1. The zero-order valence-electron chi connectivity index (χ0n) is 14.8. The summed E-state index contributed by atoms with van der Waals surface area (Å²) in [7, 11) is 0. The number of hydrogen-bond acceptors (Lipinski definition) is 7. The molecule has 148 valence electrons. The third-order valence-electron chi connectivity index (χ3n) is 4.07. The van der Waals surface area contributed by atoms with Gasteiger partial charge in [0, 0.05) is 0 Å². The van der Waals surface area contributed by atoms with Gasteiger partial charge in [0.15, 0.2) is 6.29 Å². The van der Waals surface area contributed by atoms with Gasteiger partial charge in [0.25, 0.3) is 0 Å². The highest BCUT2D eigenvalue weighted by Gasteiger charge is 2.36. The number of ether oxygens (including phenoxy) is 2. The highest BCUT2D eigenvalue weighted by molar-refractivity contribution is 5.14. The zero-order chi connectivity index (χ0) is 19.6. The number of benzene rings is 2. The monoisotopic (exact) mass is 378 g/mol. The second-order valence-corrected chi connectivity index (χ2v) is 6.18. The fourth-order valence-electron chi connectivity index (χ4n) is 2.45. The Morgan fingerprint density at radius 2 is 1.07 bits per heavy atom. The summed E-state index contributed by atoms with van der Waals surface area (Å²) in [5.74, 6) is 0. The molecule has 4 atom stereocenters. The fraction of sp³-hybridized carbons (Fsp3) is 0.400. The molecule has 7 nitrogen and oxygen atoms in total. The molecule has 2 aromatic rings. The first kappa shape index (κ1) is 21.5. The molecule has 0 aliphatic carbocycles. The fourth-order valence-corrected chi connectivity index (χ4v) is 2.45. The molecular formula is C20H26O7. The van der Waals surface area contributed by atoms with Crippen LogP contribution < -0.4 is 0 Å². The van der Waals surface area contributed by atoms with E-state index >= 15 is 0 Å².